The van der Waals surface area contributed by atoms with E-state index in [1.54, 1.807) is 0 Å². The highest BCUT2D eigenvalue weighted by atomic mass is 19.4. The Morgan fingerprint density at radius 3 is 2.33 bits per heavy atom. The van der Waals surface area contributed by atoms with Gasteiger partial charge >= 0.3 is 6.18 Å². The Bertz CT molecular complexity index is 111. The molecule has 0 aromatic heterocycles. The molecule has 0 amide bonds. The Morgan fingerprint density at radius 1 is 1.33 bits per heavy atom. The van der Waals surface area contributed by atoms with E-state index in [0.717, 1.165) is 6.42 Å². The summed E-state index contributed by atoms with van der Waals surface area (Å²) < 4.78 is 39.6. The fraction of sp³-hybridized carbons (Fsp3) is 1.00. The first-order chi connectivity index (χ1) is 5.45. The molecule has 0 heterocycles. The van der Waals surface area contributed by atoms with Crippen LogP contribution in [0.15, 0.2) is 0 Å². The summed E-state index contributed by atoms with van der Waals surface area (Å²) in [5.41, 5.74) is 0. The molecule has 1 atom stereocenters. The second kappa shape index (κ2) is 5.41. The molecule has 0 aliphatic carbocycles. The van der Waals surface area contributed by atoms with E-state index in [9.17, 15) is 13.2 Å². The molecule has 0 saturated heterocycles. The Hall–Kier alpha value is -0.250. The molecule has 0 saturated carbocycles. The molecule has 0 aliphatic heterocycles. The van der Waals surface area contributed by atoms with Gasteiger partial charge in [0.2, 0.25) is 0 Å². The molecule has 0 aromatic rings. The number of alkyl halides is 3. The summed E-state index contributed by atoms with van der Waals surface area (Å²) in [6.07, 6.45) is -4.00. The van der Waals surface area contributed by atoms with E-state index in [2.05, 4.69) is 0 Å². The van der Waals surface area contributed by atoms with Crippen molar-refractivity contribution in [2.45, 2.75) is 32.9 Å². The van der Waals surface area contributed by atoms with Crippen LogP contribution in [0.5, 0.6) is 0 Å². The van der Waals surface area contributed by atoms with Crippen LogP contribution in [-0.4, -0.2) is 19.4 Å². The first-order valence-corrected chi connectivity index (χ1v) is 4.10. The van der Waals surface area contributed by atoms with Gasteiger partial charge in [-0.1, -0.05) is 20.3 Å². The molecule has 0 radical (unpaired) electrons. The summed E-state index contributed by atoms with van der Waals surface area (Å²) in [5.74, 6) is 0.346. The monoisotopic (exact) mass is 184 g/mol. The van der Waals surface area contributed by atoms with E-state index < -0.39 is 12.6 Å². The van der Waals surface area contributed by atoms with E-state index >= 15 is 0 Å². The lowest BCUT2D eigenvalue weighted by Crippen LogP contribution is -2.13. The van der Waals surface area contributed by atoms with Gasteiger partial charge in [-0.05, 0) is 5.92 Å². The summed E-state index contributed by atoms with van der Waals surface area (Å²) in [5, 5.41) is 0. The summed E-state index contributed by atoms with van der Waals surface area (Å²) in [6.45, 7) is 4.14. The molecule has 0 aliphatic rings. The summed E-state index contributed by atoms with van der Waals surface area (Å²) in [6, 6.07) is 0. The molecule has 0 N–H and O–H groups in total. The molecule has 0 bridgehead atoms. The minimum absolute atomic E-state index is 0.214. The van der Waals surface area contributed by atoms with Crippen LogP contribution in [0.1, 0.15) is 26.7 Å². The van der Waals surface area contributed by atoms with Crippen molar-refractivity contribution in [3.63, 3.8) is 0 Å². The van der Waals surface area contributed by atoms with Crippen molar-refractivity contribution in [2.75, 3.05) is 13.2 Å². The van der Waals surface area contributed by atoms with Crippen LogP contribution in [0.4, 0.5) is 13.2 Å². The van der Waals surface area contributed by atoms with Gasteiger partial charge in [0, 0.05) is 6.61 Å². The third-order valence-electron chi connectivity index (χ3n) is 1.63. The third kappa shape index (κ3) is 7.85. The molecule has 0 aromatic carbocycles. The quantitative estimate of drug-likeness (QED) is 0.597. The number of ether oxygens (including phenoxy) is 1. The number of hydrogen-bond donors (Lipinski definition) is 0. The number of hydrogen-bond acceptors (Lipinski definition) is 1. The van der Waals surface area contributed by atoms with Crippen LogP contribution >= 0.6 is 0 Å². The van der Waals surface area contributed by atoms with Crippen molar-refractivity contribution < 1.29 is 17.9 Å². The molecule has 74 valence electrons. The predicted molar refractivity (Wildman–Crippen MR) is 40.9 cm³/mol. The molecule has 1 unspecified atom stereocenters. The van der Waals surface area contributed by atoms with Crippen molar-refractivity contribution in [1.29, 1.82) is 0 Å². The lowest BCUT2D eigenvalue weighted by molar-refractivity contribution is -0.145. The van der Waals surface area contributed by atoms with Crippen molar-refractivity contribution in [3.05, 3.63) is 0 Å². The van der Waals surface area contributed by atoms with Crippen LogP contribution in [0.2, 0.25) is 0 Å². The average Bonchev–Trinajstić information content (AvgIpc) is 1.96. The van der Waals surface area contributed by atoms with Gasteiger partial charge in [-0.2, -0.15) is 13.2 Å². The van der Waals surface area contributed by atoms with Crippen molar-refractivity contribution >= 4 is 0 Å². The van der Waals surface area contributed by atoms with Gasteiger partial charge < -0.3 is 4.74 Å². The molecule has 12 heavy (non-hydrogen) atoms. The smallest absolute Gasteiger partial charge is 0.381 e. The fourth-order valence-electron chi connectivity index (χ4n) is 0.590. The van der Waals surface area contributed by atoms with Gasteiger partial charge in [-0.25, -0.2) is 0 Å². The zero-order chi connectivity index (χ0) is 9.61. The van der Waals surface area contributed by atoms with Crippen molar-refractivity contribution in [3.8, 4) is 0 Å². The highest BCUT2D eigenvalue weighted by molar-refractivity contribution is 4.50. The first-order valence-electron chi connectivity index (χ1n) is 4.10. The normalized spacial score (nSPS) is 14.8. The maximum Gasteiger partial charge on any atom is 0.391 e. The van der Waals surface area contributed by atoms with Gasteiger partial charge in [0.05, 0.1) is 13.0 Å². The van der Waals surface area contributed by atoms with Crippen molar-refractivity contribution in [2.24, 2.45) is 5.92 Å². The van der Waals surface area contributed by atoms with Gasteiger partial charge in [-0.3, -0.25) is 0 Å². The van der Waals surface area contributed by atoms with Crippen LogP contribution in [0.3, 0.4) is 0 Å². The highest BCUT2D eigenvalue weighted by Crippen LogP contribution is 2.19. The van der Waals surface area contributed by atoms with Crippen LogP contribution in [0.25, 0.3) is 0 Å². The Labute approximate surface area is 70.9 Å². The van der Waals surface area contributed by atoms with Gasteiger partial charge in [0.15, 0.2) is 0 Å². The lowest BCUT2D eigenvalue weighted by Gasteiger charge is -2.10. The van der Waals surface area contributed by atoms with Crippen molar-refractivity contribution in [1.82, 2.24) is 0 Å². The number of rotatable bonds is 5. The maximum absolute atomic E-state index is 11.6. The SMILES string of the molecule is CCC(C)COCCC(F)(F)F. The second-order valence-electron chi connectivity index (χ2n) is 2.95. The summed E-state index contributed by atoms with van der Waals surface area (Å²) in [4.78, 5) is 0. The van der Waals surface area contributed by atoms with Gasteiger partial charge in [0.1, 0.15) is 0 Å². The first kappa shape index (κ1) is 11.8. The lowest BCUT2D eigenvalue weighted by atomic mass is 10.1. The van der Waals surface area contributed by atoms with Crippen LogP contribution < -0.4 is 0 Å². The van der Waals surface area contributed by atoms with E-state index in [1.165, 1.54) is 0 Å². The Kier molecular flexibility index (Phi) is 5.29. The molecule has 0 spiro atoms. The van der Waals surface area contributed by atoms with Crippen LogP contribution in [0, 0.1) is 5.92 Å². The topological polar surface area (TPSA) is 9.23 Å². The fourth-order valence-corrected chi connectivity index (χ4v) is 0.590. The van der Waals surface area contributed by atoms with E-state index in [1.807, 2.05) is 13.8 Å². The van der Waals surface area contributed by atoms with E-state index in [4.69, 9.17) is 4.74 Å². The van der Waals surface area contributed by atoms with Gasteiger partial charge in [0.25, 0.3) is 0 Å². The summed E-state index contributed by atoms with van der Waals surface area (Å²) >= 11 is 0. The van der Waals surface area contributed by atoms with E-state index in [-0.39, 0.29) is 6.61 Å². The molecule has 4 heteroatoms. The molecule has 1 nitrogen and oxygen atoms in total. The minimum Gasteiger partial charge on any atom is -0.381 e. The van der Waals surface area contributed by atoms with Crippen LogP contribution in [-0.2, 0) is 4.74 Å². The molecular weight excluding hydrogens is 169 g/mol. The zero-order valence-corrected chi connectivity index (χ0v) is 7.45. The molecule has 0 rings (SSSR count). The van der Waals surface area contributed by atoms with E-state index in [0.29, 0.717) is 12.5 Å². The largest absolute Gasteiger partial charge is 0.391 e. The standard InChI is InChI=1S/C8H15F3O/c1-3-7(2)6-12-5-4-8(9,10)11/h7H,3-6H2,1-2H3. The zero-order valence-electron chi connectivity index (χ0n) is 7.45. The Balaban J connectivity index is 3.22. The summed E-state index contributed by atoms with van der Waals surface area (Å²) in [7, 11) is 0. The highest BCUT2D eigenvalue weighted by Gasteiger charge is 2.26. The molecule has 0 fully saturated rings. The average molecular weight is 184 g/mol. The van der Waals surface area contributed by atoms with Gasteiger partial charge in [-0.15, -0.1) is 0 Å². The number of halogens is 3. The third-order valence-corrected chi connectivity index (χ3v) is 1.63. The Morgan fingerprint density at radius 2 is 1.92 bits per heavy atom. The minimum atomic E-state index is -4.09. The second-order valence-corrected chi connectivity index (χ2v) is 2.95. The maximum atomic E-state index is 11.6. The predicted octanol–water partition coefficient (Wildman–Crippen LogP) is 3.00. The molecular formula is C8H15F3O.